The van der Waals surface area contributed by atoms with Crippen molar-refractivity contribution >= 4 is 19.7 Å². The Morgan fingerprint density at radius 1 is 0.604 bits per heavy atom. The maximum Gasteiger partial charge on any atom is 0.405 e. The number of ether oxygens (including phenoxy) is 2. The van der Waals surface area contributed by atoms with Gasteiger partial charge in [-0.05, 0) is 19.9 Å². The summed E-state index contributed by atoms with van der Waals surface area (Å²) in [4.78, 5) is 35.3. The number of nitrogens with two attached hydrogens (primary N) is 1. The Labute approximate surface area is 295 Å². The highest BCUT2D eigenvalue weighted by molar-refractivity contribution is 7.50. The second kappa shape index (κ2) is 34.5. The first-order valence-electron chi connectivity index (χ1n) is 20.0. The first kappa shape index (κ1) is 47.0. The predicted octanol–water partition coefficient (Wildman–Crippen LogP) is 10.4. The summed E-state index contributed by atoms with van der Waals surface area (Å²) in [6, 6.07) is 0. The van der Waals surface area contributed by atoms with Crippen LogP contribution >= 0.6 is 7.75 Å². The van der Waals surface area contributed by atoms with Crippen LogP contribution < -0.4 is 5.73 Å². The number of likely N-dealkylation sites (N-methyl/N-ethyl adjacent to an activating group) is 1. The van der Waals surface area contributed by atoms with Crippen LogP contribution in [-0.4, -0.2) is 61.0 Å². The number of rotatable bonds is 37. The molecule has 2 unspecified atom stereocenters. The van der Waals surface area contributed by atoms with E-state index in [1.807, 2.05) is 0 Å². The molecule has 0 aromatic carbocycles. The first-order chi connectivity index (χ1) is 23.3. The summed E-state index contributed by atoms with van der Waals surface area (Å²) >= 11 is 0. The zero-order valence-corrected chi connectivity index (χ0v) is 32.5. The van der Waals surface area contributed by atoms with Crippen molar-refractivity contribution in [2.75, 3.05) is 33.4 Å². The van der Waals surface area contributed by atoms with Gasteiger partial charge in [0.15, 0.2) is 6.10 Å². The lowest BCUT2D eigenvalue weighted by Gasteiger charge is -2.24. The van der Waals surface area contributed by atoms with Gasteiger partial charge >= 0.3 is 19.7 Å². The molecule has 286 valence electrons. The Balaban J connectivity index is 4.28. The number of unbranched alkanes of at least 4 members (excludes halogenated alkanes) is 24. The van der Waals surface area contributed by atoms with E-state index in [-0.39, 0.29) is 38.7 Å². The van der Waals surface area contributed by atoms with E-state index >= 15 is 0 Å². The maximum atomic E-state index is 12.6. The molecule has 0 heterocycles. The second-order valence-electron chi connectivity index (χ2n) is 13.7. The Kier molecular flexibility index (Phi) is 33.7. The van der Waals surface area contributed by atoms with Crippen molar-refractivity contribution < 1.29 is 33.0 Å². The minimum Gasteiger partial charge on any atom is -0.462 e. The number of hydrogen-bond donors (Lipinski definition) is 2. The highest BCUT2D eigenvalue weighted by Gasteiger charge is 2.28. The maximum absolute atomic E-state index is 12.6. The standard InChI is InChI=1S/C38H77N2O7P/c1-4-6-8-10-12-14-16-18-20-22-24-26-28-30-37(41)45-34-36(35-46-48(43,44)40(3)33-32-39)47-38(42)31-29-27-25-23-21-19-17-15-13-11-9-7-5-2/h36H,4-35,39H2,1-3H3,(H,43,44). The summed E-state index contributed by atoms with van der Waals surface area (Å²) in [5, 5.41) is 0. The Morgan fingerprint density at radius 2 is 0.958 bits per heavy atom. The molecule has 0 radical (unpaired) electrons. The lowest BCUT2D eigenvalue weighted by Crippen LogP contribution is -2.31. The van der Waals surface area contributed by atoms with E-state index in [9.17, 15) is 19.0 Å². The van der Waals surface area contributed by atoms with Crippen molar-refractivity contribution in [2.24, 2.45) is 5.73 Å². The van der Waals surface area contributed by atoms with E-state index in [0.717, 1.165) is 43.2 Å². The molecule has 48 heavy (non-hydrogen) atoms. The molecule has 0 saturated carbocycles. The topological polar surface area (TPSA) is 128 Å². The van der Waals surface area contributed by atoms with Gasteiger partial charge in [-0.1, -0.05) is 168 Å². The molecule has 0 amide bonds. The molecular formula is C38H77N2O7P. The first-order valence-corrected chi connectivity index (χ1v) is 21.5. The fraction of sp³-hybridized carbons (Fsp3) is 0.947. The summed E-state index contributed by atoms with van der Waals surface area (Å²) in [6.07, 6.45) is 31.5. The second-order valence-corrected chi connectivity index (χ2v) is 15.7. The summed E-state index contributed by atoms with van der Waals surface area (Å²) in [7, 11) is -2.67. The van der Waals surface area contributed by atoms with Crippen LogP contribution in [0.3, 0.4) is 0 Å². The normalized spacial score (nSPS) is 13.5. The molecule has 9 nitrogen and oxygen atoms in total. The molecule has 2 atom stereocenters. The van der Waals surface area contributed by atoms with E-state index in [0.29, 0.717) is 6.42 Å². The fourth-order valence-electron chi connectivity index (χ4n) is 5.79. The van der Waals surface area contributed by atoms with Crippen molar-refractivity contribution in [1.82, 2.24) is 4.67 Å². The van der Waals surface area contributed by atoms with Gasteiger partial charge in [0.25, 0.3) is 0 Å². The van der Waals surface area contributed by atoms with Gasteiger partial charge in [-0.3, -0.25) is 14.1 Å². The van der Waals surface area contributed by atoms with Crippen molar-refractivity contribution in [2.45, 2.75) is 200 Å². The third-order valence-corrected chi connectivity index (χ3v) is 10.6. The zero-order chi connectivity index (χ0) is 35.6. The minimum atomic E-state index is -4.12. The Hall–Kier alpha value is -0.990. The van der Waals surface area contributed by atoms with E-state index in [4.69, 9.17) is 19.7 Å². The van der Waals surface area contributed by atoms with E-state index < -0.39 is 19.8 Å². The van der Waals surface area contributed by atoms with E-state index in [1.54, 1.807) is 0 Å². The smallest absolute Gasteiger partial charge is 0.405 e. The molecule has 0 aromatic heterocycles. The summed E-state index contributed by atoms with van der Waals surface area (Å²) in [5.74, 6) is -0.773. The van der Waals surface area contributed by atoms with Crippen LogP contribution in [-0.2, 0) is 28.2 Å². The van der Waals surface area contributed by atoms with Gasteiger partial charge in [0, 0.05) is 25.9 Å². The SMILES string of the molecule is CCCCCCCCCCCCCCCC(=O)OCC(COP(=O)(O)N(C)CCN)OC(=O)CCCCCCCCCCCCCCC. The average molecular weight is 705 g/mol. The van der Waals surface area contributed by atoms with Gasteiger partial charge in [-0.2, -0.15) is 0 Å². The van der Waals surface area contributed by atoms with Gasteiger partial charge in [0.05, 0.1) is 6.61 Å². The lowest BCUT2D eigenvalue weighted by atomic mass is 10.0. The Bertz CT molecular complexity index is 786. The molecule has 0 aliphatic rings. The monoisotopic (exact) mass is 705 g/mol. The van der Waals surface area contributed by atoms with Gasteiger partial charge in [-0.25, -0.2) is 9.24 Å². The van der Waals surface area contributed by atoms with Crippen LogP contribution in [0, 0.1) is 0 Å². The van der Waals surface area contributed by atoms with Crippen molar-refractivity contribution in [3.05, 3.63) is 0 Å². The van der Waals surface area contributed by atoms with E-state index in [1.165, 1.54) is 135 Å². The number of carbonyl (C=O) groups is 2. The zero-order valence-electron chi connectivity index (χ0n) is 31.6. The predicted molar refractivity (Wildman–Crippen MR) is 199 cm³/mol. The van der Waals surface area contributed by atoms with Crippen molar-refractivity contribution in [3.8, 4) is 0 Å². The Morgan fingerprint density at radius 3 is 1.33 bits per heavy atom. The van der Waals surface area contributed by atoms with Crippen molar-refractivity contribution in [3.63, 3.8) is 0 Å². The van der Waals surface area contributed by atoms with E-state index in [2.05, 4.69) is 13.8 Å². The van der Waals surface area contributed by atoms with Gasteiger partial charge in [-0.15, -0.1) is 0 Å². The fourth-order valence-corrected chi connectivity index (χ4v) is 6.71. The van der Waals surface area contributed by atoms with Gasteiger partial charge in [0.1, 0.15) is 6.61 Å². The van der Waals surface area contributed by atoms with Crippen LogP contribution in [0.2, 0.25) is 0 Å². The summed E-state index contributed by atoms with van der Waals surface area (Å²) < 4.78 is 29.9. The molecule has 0 rings (SSSR count). The minimum absolute atomic E-state index is 0.172. The van der Waals surface area contributed by atoms with Gasteiger partial charge in [0.2, 0.25) is 0 Å². The van der Waals surface area contributed by atoms with Crippen LogP contribution in [0.4, 0.5) is 0 Å². The molecule has 0 aromatic rings. The lowest BCUT2D eigenvalue weighted by molar-refractivity contribution is -0.161. The molecule has 10 heteroatoms. The third kappa shape index (κ3) is 31.0. The summed E-state index contributed by atoms with van der Waals surface area (Å²) in [6.45, 7) is 4.31. The largest absolute Gasteiger partial charge is 0.462 e. The molecular weight excluding hydrogens is 627 g/mol. The van der Waals surface area contributed by atoms with Crippen LogP contribution in [0.1, 0.15) is 194 Å². The molecule has 0 aliphatic heterocycles. The highest BCUT2D eigenvalue weighted by Crippen LogP contribution is 2.44. The number of nitrogens with zero attached hydrogens (tertiary/aromatic N) is 1. The van der Waals surface area contributed by atoms with Crippen LogP contribution in [0.25, 0.3) is 0 Å². The molecule has 0 aliphatic carbocycles. The average Bonchev–Trinajstić information content (AvgIpc) is 3.06. The van der Waals surface area contributed by atoms with Crippen LogP contribution in [0.15, 0.2) is 0 Å². The van der Waals surface area contributed by atoms with Crippen LogP contribution in [0.5, 0.6) is 0 Å². The molecule has 3 N–H and O–H groups in total. The van der Waals surface area contributed by atoms with Gasteiger partial charge < -0.3 is 20.1 Å². The van der Waals surface area contributed by atoms with Crippen molar-refractivity contribution in [1.29, 1.82) is 0 Å². The number of hydrogen-bond acceptors (Lipinski definition) is 7. The number of carbonyl (C=O) groups excluding carboxylic acids is 2. The summed E-state index contributed by atoms with van der Waals surface area (Å²) in [5.41, 5.74) is 5.50. The highest BCUT2D eigenvalue weighted by atomic mass is 31.2. The molecule has 0 fully saturated rings. The molecule has 0 saturated heterocycles. The third-order valence-electron chi connectivity index (χ3n) is 9.01. The number of esters is 2. The quantitative estimate of drug-likeness (QED) is 0.0369. The molecule has 0 bridgehead atoms. The molecule has 0 spiro atoms.